The van der Waals surface area contributed by atoms with Crippen molar-refractivity contribution in [1.29, 1.82) is 0 Å². The number of aromatic hydroxyl groups is 1. The average Bonchev–Trinajstić information content (AvgIpc) is 2.63. The molecule has 3 heteroatoms. The number of esters is 1. The van der Waals surface area contributed by atoms with Gasteiger partial charge in [-0.1, -0.05) is 60.2 Å². The van der Waals surface area contributed by atoms with Crippen molar-refractivity contribution < 1.29 is 14.6 Å². The molecule has 25 heavy (non-hydrogen) atoms. The fraction of sp³-hybridized carbons (Fsp3) is 0.136. The largest absolute Gasteiger partial charge is 0.508 e. The molecule has 4 rings (SSSR count). The number of phenols is 1. The summed E-state index contributed by atoms with van der Waals surface area (Å²) in [5, 5.41) is 9.65. The lowest BCUT2D eigenvalue weighted by molar-refractivity contribution is -0.00750. The van der Waals surface area contributed by atoms with Crippen molar-refractivity contribution in [2.75, 3.05) is 0 Å². The Labute approximate surface area is 146 Å². The lowest BCUT2D eigenvalue weighted by Gasteiger charge is -2.38. The maximum absolute atomic E-state index is 12.7. The summed E-state index contributed by atoms with van der Waals surface area (Å²) in [5.41, 5.74) is 3.60. The smallest absolute Gasteiger partial charge is 0.339 e. The van der Waals surface area contributed by atoms with Crippen LogP contribution in [0.3, 0.4) is 0 Å². The lowest BCUT2D eigenvalue weighted by atomic mass is 9.78. The van der Waals surface area contributed by atoms with E-state index in [-0.39, 0.29) is 11.7 Å². The van der Waals surface area contributed by atoms with Crippen LogP contribution in [0, 0.1) is 6.92 Å². The van der Waals surface area contributed by atoms with Crippen LogP contribution in [0.25, 0.3) is 0 Å². The number of cyclic esters (lactones) is 1. The summed E-state index contributed by atoms with van der Waals surface area (Å²) in [7, 11) is 0. The molecule has 3 aromatic rings. The maximum atomic E-state index is 12.7. The number of ether oxygens (including phenoxy) is 1. The zero-order valence-electron chi connectivity index (χ0n) is 13.9. The first kappa shape index (κ1) is 15.5. The van der Waals surface area contributed by atoms with Crippen LogP contribution in [0.4, 0.5) is 0 Å². The van der Waals surface area contributed by atoms with Crippen LogP contribution in [-0.2, 0) is 16.8 Å². The Hall–Kier alpha value is -3.07. The predicted molar refractivity (Wildman–Crippen MR) is 95.6 cm³/mol. The minimum atomic E-state index is -0.896. The summed E-state index contributed by atoms with van der Waals surface area (Å²) in [4.78, 5) is 12.7. The van der Waals surface area contributed by atoms with Gasteiger partial charge in [-0.3, -0.25) is 0 Å². The molecule has 1 unspecified atom stereocenters. The van der Waals surface area contributed by atoms with Crippen molar-refractivity contribution in [2.24, 2.45) is 0 Å². The van der Waals surface area contributed by atoms with E-state index in [4.69, 9.17) is 4.74 Å². The van der Waals surface area contributed by atoms with Gasteiger partial charge in [0.1, 0.15) is 5.75 Å². The van der Waals surface area contributed by atoms with E-state index in [9.17, 15) is 9.90 Å². The van der Waals surface area contributed by atoms with Gasteiger partial charge in [0.25, 0.3) is 0 Å². The number of rotatable bonds is 2. The van der Waals surface area contributed by atoms with E-state index < -0.39 is 5.60 Å². The van der Waals surface area contributed by atoms with Crippen LogP contribution < -0.4 is 0 Å². The summed E-state index contributed by atoms with van der Waals surface area (Å²) in [6, 6.07) is 22.5. The van der Waals surface area contributed by atoms with Gasteiger partial charge in [0.05, 0.1) is 5.56 Å². The van der Waals surface area contributed by atoms with Crippen molar-refractivity contribution >= 4 is 5.97 Å². The van der Waals surface area contributed by atoms with E-state index in [1.165, 1.54) is 0 Å². The van der Waals surface area contributed by atoms with E-state index in [1.54, 1.807) is 18.2 Å². The topological polar surface area (TPSA) is 46.5 Å². The molecule has 0 saturated heterocycles. The molecular weight excluding hydrogens is 312 g/mol. The molecule has 1 N–H and O–H groups in total. The minimum absolute atomic E-state index is 0.186. The fourth-order valence-corrected chi connectivity index (χ4v) is 3.43. The van der Waals surface area contributed by atoms with Gasteiger partial charge in [0, 0.05) is 17.5 Å². The van der Waals surface area contributed by atoms with Gasteiger partial charge < -0.3 is 9.84 Å². The molecule has 1 aliphatic rings. The molecule has 0 radical (unpaired) electrons. The number of aryl methyl sites for hydroxylation is 1. The van der Waals surface area contributed by atoms with Gasteiger partial charge in [-0.15, -0.1) is 0 Å². The van der Waals surface area contributed by atoms with Gasteiger partial charge in [-0.2, -0.15) is 0 Å². The third-order valence-electron chi connectivity index (χ3n) is 4.80. The molecule has 3 aromatic carbocycles. The van der Waals surface area contributed by atoms with Crippen LogP contribution >= 0.6 is 0 Å². The van der Waals surface area contributed by atoms with Gasteiger partial charge in [-0.25, -0.2) is 4.79 Å². The van der Waals surface area contributed by atoms with Crippen molar-refractivity contribution in [1.82, 2.24) is 0 Å². The van der Waals surface area contributed by atoms with E-state index in [1.807, 2.05) is 61.5 Å². The van der Waals surface area contributed by atoms with Crippen LogP contribution in [0.2, 0.25) is 0 Å². The fourth-order valence-electron chi connectivity index (χ4n) is 3.43. The minimum Gasteiger partial charge on any atom is -0.508 e. The molecule has 0 bridgehead atoms. The Morgan fingerprint density at radius 2 is 1.48 bits per heavy atom. The Bertz CT molecular complexity index is 879. The second-order valence-electron chi connectivity index (χ2n) is 6.46. The Morgan fingerprint density at radius 1 is 0.880 bits per heavy atom. The van der Waals surface area contributed by atoms with Crippen LogP contribution in [0.1, 0.15) is 32.6 Å². The van der Waals surface area contributed by atoms with Gasteiger partial charge in [-0.05, 0) is 30.7 Å². The van der Waals surface area contributed by atoms with E-state index in [0.29, 0.717) is 12.0 Å². The predicted octanol–water partition coefficient (Wildman–Crippen LogP) is 4.36. The number of hydrogen-bond acceptors (Lipinski definition) is 3. The SMILES string of the molecule is Cc1ccc(C2(c3ccc(O)cc3)Cc3ccccc3C(=O)O2)cc1. The highest BCUT2D eigenvalue weighted by Gasteiger charge is 2.43. The zero-order chi connectivity index (χ0) is 17.4. The molecule has 124 valence electrons. The van der Waals surface area contributed by atoms with E-state index in [0.717, 1.165) is 22.3 Å². The van der Waals surface area contributed by atoms with Gasteiger partial charge >= 0.3 is 5.97 Å². The first-order valence-corrected chi connectivity index (χ1v) is 8.26. The normalized spacial score (nSPS) is 19.2. The number of fused-ring (bicyclic) bond motifs is 1. The van der Waals surface area contributed by atoms with Gasteiger partial charge in [0.2, 0.25) is 0 Å². The summed E-state index contributed by atoms with van der Waals surface area (Å²) < 4.78 is 6.03. The summed E-state index contributed by atoms with van der Waals surface area (Å²) >= 11 is 0. The first-order chi connectivity index (χ1) is 12.1. The molecule has 1 aliphatic heterocycles. The quantitative estimate of drug-likeness (QED) is 0.710. The molecule has 0 saturated carbocycles. The number of hydrogen-bond donors (Lipinski definition) is 1. The molecule has 1 heterocycles. The van der Waals surface area contributed by atoms with Crippen molar-refractivity contribution in [3.63, 3.8) is 0 Å². The molecular formula is C22H18O3. The summed E-state index contributed by atoms with van der Waals surface area (Å²) in [6.07, 6.45) is 0.558. The number of benzene rings is 3. The molecule has 0 spiro atoms. The summed E-state index contributed by atoms with van der Waals surface area (Å²) in [6.45, 7) is 2.03. The monoisotopic (exact) mass is 330 g/mol. The number of phenolic OH excluding ortho intramolecular Hbond substituents is 1. The molecule has 0 amide bonds. The highest BCUT2D eigenvalue weighted by molar-refractivity contribution is 5.93. The second kappa shape index (κ2) is 5.78. The van der Waals surface area contributed by atoms with Crippen LogP contribution in [0.5, 0.6) is 5.75 Å². The van der Waals surface area contributed by atoms with E-state index >= 15 is 0 Å². The standard InChI is InChI=1S/C22H18O3/c1-15-6-8-17(9-7-15)22(18-10-12-19(23)13-11-18)14-16-4-2-3-5-20(16)21(24)25-22/h2-13,23H,14H2,1H3. The molecule has 1 atom stereocenters. The van der Waals surface area contributed by atoms with Crippen molar-refractivity contribution in [3.05, 3.63) is 101 Å². The Balaban J connectivity index is 1.93. The Kier molecular flexibility index (Phi) is 3.57. The van der Waals surface area contributed by atoms with Crippen LogP contribution in [-0.4, -0.2) is 11.1 Å². The lowest BCUT2D eigenvalue weighted by Crippen LogP contribution is -2.40. The molecule has 0 fully saturated rings. The molecule has 3 nitrogen and oxygen atoms in total. The van der Waals surface area contributed by atoms with E-state index in [2.05, 4.69) is 0 Å². The highest BCUT2D eigenvalue weighted by atomic mass is 16.6. The number of carbonyl (C=O) groups is 1. The second-order valence-corrected chi connectivity index (χ2v) is 6.46. The molecule has 0 aromatic heterocycles. The third-order valence-corrected chi connectivity index (χ3v) is 4.80. The molecule has 0 aliphatic carbocycles. The zero-order valence-corrected chi connectivity index (χ0v) is 13.9. The average molecular weight is 330 g/mol. The number of carbonyl (C=O) groups excluding carboxylic acids is 1. The van der Waals surface area contributed by atoms with Gasteiger partial charge in [0.15, 0.2) is 5.60 Å². The third kappa shape index (κ3) is 2.58. The first-order valence-electron chi connectivity index (χ1n) is 8.26. The van der Waals surface area contributed by atoms with Crippen molar-refractivity contribution in [3.8, 4) is 5.75 Å². The highest BCUT2D eigenvalue weighted by Crippen LogP contribution is 2.42. The van der Waals surface area contributed by atoms with Crippen LogP contribution in [0.15, 0.2) is 72.8 Å². The Morgan fingerprint density at radius 3 is 2.16 bits per heavy atom. The maximum Gasteiger partial charge on any atom is 0.339 e. The summed E-state index contributed by atoms with van der Waals surface area (Å²) in [5.74, 6) is -0.138. The van der Waals surface area contributed by atoms with Crippen molar-refractivity contribution in [2.45, 2.75) is 18.9 Å².